The molecule has 0 bridgehead atoms. The summed E-state index contributed by atoms with van der Waals surface area (Å²) in [6.45, 7) is 0.668. The molecule has 1 heterocycles. The lowest BCUT2D eigenvalue weighted by molar-refractivity contribution is 0.0930. The lowest BCUT2D eigenvalue weighted by Crippen LogP contribution is -2.34. The fourth-order valence-electron chi connectivity index (χ4n) is 2.59. The smallest absolute Gasteiger partial charge is 0.184 e. The quantitative estimate of drug-likeness (QED) is 0.941. The maximum Gasteiger partial charge on any atom is 0.184 e. The molecule has 4 nitrogen and oxygen atoms in total. The number of nitrogens with one attached hydrogen (secondary N) is 1. The van der Waals surface area contributed by atoms with Crippen molar-refractivity contribution in [3.63, 3.8) is 0 Å². The topological polar surface area (TPSA) is 47.6 Å². The van der Waals surface area contributed by atoms with Crippen molar-refractivity contribution in [2.75, 3.05) is 14.2 Å². The zero-order valence-corrected chi connectivity index (χ0v) is 12.1. The first-order chi connectivity index (χ1) is 10.2. The van der Waals surface area contributed by atoms with E-state index in [4.69, 9.17) is 9.47 Å². The van der Waals surface area contributed by atoms with E-state index in [1.807, 2.05) is 42.5 Å². The number of Topliss-reactive ketones (excluding diaryl/α,β-unsaturated/α-hetero) is 1. The monoisotopic (exact) mass is 283 g/mol. The summed E-state index contributed by atoms with van der Waals surface area (Å²) in [5.74, 6) is 1.56. The van der Waals surface area contributed by atoms with Crippen LogP contribution in [0, 0.1) is 0 Å². The predicted molar refractivity (Wildman–Crippen MR) is 79.9 cm³/mol. The third kappa shape index (κ3) is 2.50. The highest BCUT2D eigenvalue weighted by Crippen LogP contribution is 2.29. The Kier molecular flexibility index (Phi) is 3.62. The van der Waals surface area contributed by atoms with E-state index in [9.17, 15) is 4.79 Å². The molecule has 2 aromatic rings. The number of rotatable bonds is 3. The number of hydrogen-bond acceptors (Lipinski definition) is 4. The minimum atomic E-state index is -0.324. The van der Waals surface area contributed by atoms with Crippen molar-refractivity contribution < 1.29 is 14.3 Å². The van der Waals surface area contributed by atoms with Gasteiger partial charge in [0.05, 0.1) is 20.3 Å². The van der Waals surface area contributed by atoms with E-state index in [1.54, 1.807) is 14.2 Å². The Balaban J connectivity index is 1.93. The van der Waals surface area contributed by atoms with Crippen molar-refractivity contribution in [2.45, 2.75) is 12.6 Å². The molecule has 1 N–H and O–H groups in total. The Morgan fingerprint density at radius 1 is 1.00 bits per heavy atom. The molecule has 1 aliphatic rings. The second-order valence-electron chi connectivity index (χ2n) is 4.97. The zero-order chi connectivity index (χ0) is 14.8. The molecule has 108 valence electrons. The highest BCUT2D eigenvalue weighted by atomic mass is 16.5. The van der Waals surface area contributed by atoms with E-state index in [0.717, 1.165) is 22.4 Å². The van der Waals surface area contributed by atoms with Gasteiger partial charge in [-0.25, -0.2) is 0 Å². The number of ketones is 1. The van der Waals surface area contributed by atoms with Crippen molar-refractivity contribution in [3.05, 3.63) is 59.2 Å². The Morgan fingerprint density at radius 3 is 2.33 bits per heavy atom. The van der Waals surface area contributed by atoms with Crippen LogP contribution in [0.5, 0.6) is 11.5 Å². The fourth-order valence-corrected chi connectivity index (χ4v) is 2.59. The highest BCUT2D eigenvalue weighted by Gasteiger charge is 2.28. The number of carbonyl (C=O) groups excluding carboxylic acids is 1. The molecule has 0 spiro atoms. The average molecular weight is 283 g/mol. The van der Waals surface area contributed by atoms with Gasteiger partial charge in [-0.2, -0.15) is 0 Å². The molecule has 0 radical (unpaired) electrons. The Bertz CT molecular complexity index is 664. The van der Waals surface area contributed by atoms with Crippen molar-refractivity contribution >= 4 is 5.78 Å². The van der Waals surface area contributed by atoms with Gasteiger partial charge < -0.3 is 9.47 Å². The largest absolute Gasteiger partial charge is 0.497 e. The van der Waals surface area contributed by atoms with Gasteiger partial charge in [0.2, 0.25) is 0 Å². The molecule has 2 aromatic carbocycles. The van der Waals surface area contributed by atoms with Crippen LogP contribution < -0.4 is 14.8 Å². The van der Waals surface area contributed by atoms with E-state index >= 15 is 0 Å². The highest BCUT2D eigenvalue weighted by molar-refractivity contribution is 6.03. The van der Waals surface area contributed by atoms with Gasteiger partial charge in [-0.05, 0) is 35.4 Å². The fraction of sp³-hybridized carbons (Fsp3) is 0.235. The number of benzene rings is 2. The molecule has 21 heavy (non-hydrogen) atoms. The van der Waals surface area contributed by atoms with Gasteiger partial charge in [0, 0.05) is 12.1 Å². The summed E-state index contributed by atoms with van der Waals surface area (Å²) >= 11 is 0. The molecular weight excluding hydrogens is 266 g/mol. The number of hydrogen-bond donors (Lipinski definition) is 1. The molecule has 0 aliphatic carbocycles. The number of ether oxygens (including phenoxy) is 2. The van der Waals surface area contributed by atoms with Gasteiger partial charge in [0.25, 0.3) is 0 Å². The molecule has 1 atom stereocenters. The summed E-state index contributed by atoms with van der Waals surface area (Å²) in [7, 11) is 3.23. The van der Waals surface area contributed by atoms with Crippen LogP contribution in [0.2, 0.25) is 0 Å². The maximum atomic E-state index is 12.7. The van der Waals surface area contributed by atoms with Crippen LogP contribution >= 0.6 is 0 Å². The van der Waals surface area contributed by atoms with Gasteiger partial charge in [-0.3, -0.25) is 10.1 Å². The van der Waals surface area contributed by atoms with Crippen molar-refractivity contribution in [1.82, 2.24) is 5.32 Å². The molecule has 0 aromatic heterocycles. The molecule has 1 unspecified atom stereocenters. The van der Waals surface area contributed by atoms with Gasteiger partial charge in [0.1, 0.15) is 11.5 Å². The number of carbonyl (C=O) groups is 1. The normalized spacial score (nSPS) is 17.2. The van der Waals surface area contributed by atoms with Crippen LogP contribution in [0.3, 0.4) is 0 Å². The van der Waals surface area contributed by atoms with Gasteiger partial charge in [-0.15, -0.1) is 0 Å². The molecule has 4 heteroatoms. The van der Waals surface area contributed by atoms with Crippen LogP contribution in [0.1, 0.15) is 27.5 Å². The van der Waals surface area contributed by atoms with Gasteiger partial charge in [0.15, 0.2) is 5.78 Å². The number of fused-ring (bicyclic) bond motifs is 1. The molecule has 0 fully saturated rings. The van der Waals surface area contributed by atoms with Crippen LogP contribution in [0.25, 0.3) is 0 Å². The van der Waals surface area contributed by atoms with E-state index in [2.05, 4.69) is 5.32 Å². The van der Waals surface area contributed by atoms with Crippen LogP contribution in [0.4, 0.5) is 0 Å². The first kappa shape index (κ1) is 13.6. The Labute approximate surface area is 123 Å². The third-order valence-electron chi connectivity index (χ3n) is 3.79. The molecule has 0 saturated carbocycles. The van der Waals surface area contributed by atoms with Crippen LogP contribution in [-0.4, -0.2) is 20.0 Å². The Hall–Kier alpha value is -2.33. The van der Waals surface area contributed by atoms with Crippen LogP contribution in [-0.2, 0) is 6.54 Å². The SMILES string of the molecule is COc1ccc(C2NCc3ccc(OC)cc3C2=O)cc1. The molecule has 0 amide bonds. The maximum absolute atomic E-state index is 12.7. The van der Waals surface area contributed by atoms with E-state index < -0.39 is 0 Å². The average Bonchev–Trinajstić information content (AvgIpc) is 2.55. The zero-order valence-electron chi connectivity index (χ0n) is 12.1. The first-order valence-electron chi connectivity index (χ1n) is 6.81. The second kappa shape index (κ2) is 5.58. The number of methoxy groups -OCH3 is 2. The summed E-state index contributed by atoms with van der Waals surface area (Å²) in [5.41, 5.74) is 2.67. The minimum Gasteiger partial charge on any atom is -0.497 e. The third-order valence-corrected chi connectivity index (χ3v) is 3.79. The first-order valence-corrected chi connectivity index (χ1v) is 6.81. The van der Waals surface area contributed by atoms with E-state index in [0.29, 0.717) is 12.3 Å². The van der Waals surface area contributed by atoms with E-state index in [1.165, 1.54) is 0 Å². The standard InChI is InChI=1S/C17H17NO3/c1-20-13-6-3-11(4-7-13)16-17(19)15-9-14(21-2)8-5-12(15)10-18-16/h3-9,16,18H,10H2,1-2H3. The van der Waals surface area contributed by atoms with Crippen molar-refractivity contribution in [3.8, 4) is 11.5 Å². The van der Waals surface area contributed by atoms with Gasteiger partial charge >= 0.3 is 0 Å². The summed E-state index contributed by atoms with van der Waals surface area (Å²) in [5, 5.41) is 3.29. The van der Waals surface area contributed by atoms with Gasteiger partial charge in [-0.1, -0.05) is 18.2 Å². The Morgan fingerprint density at radius 2 is 1.67 bits per heavy atom. The summed E-state index contributed by atoms with van der Waals surface area (Å²) < 4.78 is 10.4. The van der Waals surface area contributed by atoms with Crippen molar-refractivity contribution in [2.24, 2.45) is 0 Å². The molecule has 1 aliphatic heterocycles. The van der Waals surface area contributed by atoms with E-state index in [-0.39, 0.29) is 11.8 Å². The minimum absolute atomic E-state index is 0.0697. The summed E-state index contributed by atoms with van der Waals surface area (Å²) in [6, 6.07) is 12.9. The molecule has 0 saturated heterocycles. The lowest BCUT2D eigenvalue weighted by atomic mass is 9.90. The lowest BCUT2D eigenvalue weighted by Gasteiger charge is -2.25. The summed E-state index contributed by atoms with van der Waals surface area (Å²) in [4.78, 5) is 12.7. The second-order valence-corrected chi connectivity index (χ2v) is 4.97. The summed E-state index contributed by atoms with van der Waals surface area (Å²) in [6.07, 6.45) is 0. The molecule has 3 rings (SSSR count). The predicted octanol–water partition coefficient (Wildman–Crippen LogP) is 2.73. The van der Waals surface area contributed by atoms with Crippen LogP contribution in [0.15, 0.2) is 42.5 Å². The molecular formula is C17H17NO3. The van der Waals surface area contributed by atoms with Crippen molar-refractivity contribution in [1.29, 1.82) is 0 Å².